The third kappa shape index (κ3) is 3.67. The third-order valence-electron chi connectivity index (χ3n) is 6.31. The van der Waals surface area contributed by atoms with E-state index in [9.17, 15) is 4.79 Å². The van der Waals surface area contributed by atoms with E-state index in [0.29, 0.717) is 12.6 Å². The number of nitrogens with zero attached hydrogens (tertiary/aromatic N) is 3. The first-order chi connectivity index (χ1) is 14.3. The Kier molecular flexibility index (Phi) is 4.84. The van der Waals surface area contributed by atoms with Crippen molar-refractivity contribution in [3.8, 4) is 0 Å². The van der Waals surface area contributed by atoms with Crippen LogP contribution in [0.15, 0.2) is 48.7 Å². The molecule has 0 saturated carbocycles. The van der Waals surface area contributed by atoms with Crippen LogP contribution in [0.25, 0.3) is 10.9 Å². The summed E-state index contributed by atoms with van der Waals surface area (Å²) in [5.41, 5.74) is 5.10. The molecular formula is C23H27N5O. The Balaban J connectivity index is 1.10. The fraction of sp³-hybridized carbons (Fsp3) is 0.391. The molecule has 2 N–H and O–H groups in total. The van der Waals surface area contributed by atoms with Gasteiger partial charge in [0.1, 0.15) is 0 Å². The maximum Gasteiger partial charge on any atom is 0.317 e. The lowest BCUT2D eigenvalue weighted by atomic mass is 10.0. The smallest absolute Gasteiger partial charge is 0.317 e. The van der Waals surface area contributed by atoms with Crippen molar-refractivity contribution in [1.29, 1.82) is 0 Å². The van der Waals surface area contributed by atoms with E-state index in [1.807, 2.05) is 11.1 Å². The van der Waals surface area contributed by atoms with Gasteiger partial charge in [-0.2, -0.15) is 5.10 Å². The van der Waals surface area contributed by atoms with E-state index in [1.165, 1.54) is 16.8 Å². The zero-order valence-corrected chi connectivity index (χ0v) is 16.6. The summed E-state index contributed by atoms with van der Waals surface area (Å²) in [5.74, 6) is 0. The highest BCUT2D eigenvalue weighted by Crippen LogP contribution is 2.32. The van der Waals surface area contributed by atoms with Crippen molar-refractivity contribution >= 4 is 22.6 Å². The van der Waals surface area contributed by atoms with E-state index in [1.54, 1.807) is 0 Å². The fourth-order valence-electron chi connectivity index (χ4n) is 4.69. The van der Waals surface area contributed by atoms with Gasteiger partial charge in [0.2, 0.25) is 0 Å². The highest BCUT2D eigenvalue weighted by molar-refractivity contribution is 5.78. The Morgan fingerprint density at radius 3 is 2.90 bits per heavy atom. The molecule has 0 aliphatic carbocycles. The molecule has 6 nitrogen and oxygen atoms in total. The molecule has 2 amide bonds. The van der Waals surface area contributed by atoms with Gasteiger partial charge in [0.15, 0.2) is 0 Å². The molecule has 2 aromatic carbocycles. The summed E-state index contributed by atoms with van der Waals surface area (Å²) in [6.07, 6.45) is 5.87. The van der Waals surface area contributed by atoms with Crippen LogP contribution in [0.5, 0.6) is 0 Å². The van der Waals surface area contributed by atoms with Crippen LogP contribution >= 0.6 is 0 Å². The van der Waals surface area contributed by atoms with E-state index < -0.39 is 0 Å². The predicted molar refractivity (Wildman–Crippen MR) is 115 cm³/mol. The molecule has 1 saturated heterocycles. The fourth-order valence-corrected chi connectivity index (χ4v) is 4.69. The third-order valence-corrected chi connectivity index (χ3v) is 6.31. The minimum atomic E-state index is 0.0629. The minimum absolute atomic E-state index is 0.0629. The number of benzene rings is 2. The number of piperidine rings is 1. The zero-order chi connectivity index (χ0) is 19.6. The number of hydrogen-bond acceptors (Lipinski definition) is 3. The van der Waals surface area contributed by atoms with Gasteiger partial charge < -0.3 is 15.1 Å². The lowest BCUT2D eigenvalue weighted by Crippen LogP contribution is -2.49. The summed E-state index contributed by atoms with van der Waals surface area (Å²) < 4.78 is 0. The van der Waals surface area contributed by atoms with Crippen molar-refractivity contribution in [2.75, 3.05) is 31.1 Å². The lowest BCUT2D eigenvalue weighted by Gasteiger charge is -2.38. The summed E-state index contributed by atoms with van der Waals surface area (Å²) in [6.45, 7) is 3.42. The average molecular weight is 390 g/mol. The molecule has 2 aliphatic rings. The van der Waals surface area contributed by atoms with Gasteiger partial charge in [-0.25, -0.2) is 4.79 Å². The number of para-hydroxylation sites is 1. The lowest BCUT2D eigenvalue weighted by molar-refractivity contribution is 0.181. The molecule has 6 heteroatoms. The average Bonchev–Trinajstić information content (AvgIpc) is 3.40. The topological polar surface area (TPSA) is 64.3 Å². The molecule has 0 spiro atoms. The summed E-state index contributed by atoms with van der Waals surface area (Å²) in [7, 11) is 0. The van der Waals surface area contributed by atoms with E-state index in [2.05, 4.69) is 62.9 Å². The Morgan fingerprint density at radius 1 is 1.14 bits per heavy atom. The van der Waals surface area contributed by atoms with Gasteiger partial charge in [-0.05, 0) is 48.9 Å². The summed E-state index contributed by atoms with van der Waals surface area (Å²) in [5, 5.41) is 11.3. The van der Waals surface area contributed by atoms with Gasteiger partial charge in [0.05, 0.1) is 11.7 Å². The van der Waals surface area contributed by atoms with Crippen molar-refractivity contribution < 1.29 is 4.79 Å². The number of likely N-dealkylation sites (tertiary alicyclic amines) is 1. The molecule has 0 bridgehead atoms. The number of anilines is 1. The molecule has 1 aromatic heterocycles. The number of carbonyl (C=O) groups excluding carboxylic acids is 1. The highest BCUT2D eigenvalue weighted by atomic mass is 16.2. The molecule has 0 unspecified atom stereocenters. The zero-order valence-electron chi connectivity index (χ0n) is 16.6. The summed E-state index contributed by atoms with van der Waals surface area (Å²) in [4.78, 5) is 17.1. The number of fused-ring (bicyclic) bond motifs is 2. The van der Waals surface area contributed by atoms with Crippen LogP contribution in [0.3, 0.4) is 0 Å². The number of rotatable bonds is 4. The Hall–Kier alpha value is -3.02. The maximum absolute atomic E-state index is 12.6. The first-order valence-electron chi connectivity index (χ1n) is 10.6. The number of amides is 2. The van der Waals surface area contributed by atoms with Crippen LogP contribution in [0.2, 0.25) is 0 Å². The summed E-state index contributed by atoms with van der Waals surface area (Å²) in [6, 6.07) is 15.6. The van der Waals surface area contributed by atoms with Crippen molar-refractivity contribution in [3.63, 3.8) is 0 Å². The number of aromatic amines is 1. The molecule has 0 radical (unpaired) electrons. The quantitative estimate of drug-likeness (QED) is 0.719. The molecular weight excluding hydrogens is 362 g/mol. The van der Waals surface area contributed by atoms with Crippen LogP contribution in [0.4, 0.5) is 10.5 Å². The standard InChI is InChI=1S/C23H27N5O/c29-23(24-11-7-17-5-6-19-16-25-26-21(19)15-17)27-12-9-20(10-13-27)28-14-8-18-3-1-2-4-22(18)28/h1-6,15-16,20H,7-14H2,(H,24,29)(H,25,26). The molecule has 2 aliphatic heterocycles. The molecule has 150 valence electrons. The van der Waals surface area contributed by atoms with Gasteiger partial charge in [-0.1, -0.05) is 30.3 Å². The van der Waals surface area contributed by atoms with E-state index in [-0.39, 0.29) is 6.03 Å². The van der Waals surface area contributed by atoms with Crippen LogP contribution in [-0.2, 0) is 12.8 Å². The Labute approximate surface area is 170 Å². The predicted octanol–water partition coefficient (Wildman–Crippen LogP) is 3.34. The van der Waals surface area contributed by atoms with Crippen LogP contribution in [0, 0.1) is 0 Å². The number of urea groups is 1. The molecule has 1 fully saturated rings. The molecule has 0 atom stereocenters. The van der Waals surface area contributed by atoms with Crippen LogP contribution < -0.4 is 10.2 Å². The van der Waals surface area contributed by atoms with E-state index in [4.69, 9.17) is 0 Å². The van der Waals surface area contributed by atoms with E-state index in [0.717, 1.165) is 56.2 Å². The summed E-state index contributed by atoms with van der Waals surface area (Å²) >= 11 is 0. The maximum atomic E-state index is 12.6. The van der Waals surface area contributed by atoms with Gasteiger partial charge >= 0.3 is 6.03 Å². The van der Waals surface area contributed by atoms with E-state index >= 15 is 0 Å². The van der Waals surface area contributed by atoms with Crippen molar-refractivity contribution in [1.82, 2.24) is 20.4 Å². The SMILES string of the molecule is O=C(NCCc1ccc2cn[nH]c2c1)N1CCC(N2CCc3ccccc32)CC1. The number of H-pyrrole nitrogens is 1. The molecule has 3 aromatic rings. The largest absolute Gasteiger partial charge is 0.368 e. The normalized spacial score (nSPS) is 17.0. The van der Waals surface area contributed by atoms with Crippen molar-refractivity contribution in [2.24, 2.45) is 0 Å². The van der Waals surface area contributed by atoms with Crippen molar-refractivity contribution in [3.05, 3.63) is 59.8 Å². The first kappa shape index (κ1) is 18.0. The second kappa shape index (κ2) is 7.78. The Bertz CT molecular complexity index is 1010. The van der Waals surface area contributed by atoms with Gasteiger partial charge in [-0.3, -0.25) is 5.10 Å². The monoisotopic (exact) mass is 389 g/mol. The number of carbonyl (C=O) groups is 1. The van der Waals surface area contributed by atoms with Crippen LogP contribution in [0.1, 0.15) is 24.0 Å². The number of hydrogen-bond donors (Lipinski definition) is 2. The van der Waals surface area contributed by atoms with Gasteiger partial charge in [-0.15, -0.1) is 0 Å². The van der Waals surface area contributed by atoms with Crippen molar-refractivity contribution in [2.45, 2.75) is 31.7 Å². The van der Waals surface area contributed by atoms with Gasteiger partial charge in [0, 0.05) is 43.3 Å². The molecule has 5 rings (SSSR count). The highest BCUT2D eigenvalue weighted by Gasteiger charge is 2.30. The first-order valence-corrected chi connectivity index (χ1v) is 10.6. The molecule has 29 heavy (non-hydrogen) atoms. The second-order valence-corrected chi connectivity index (χ2v) is 8.06. The minimum Gasteiger partial charge on any atom is -0.368 e. The number of nitrogens with one attached hydrogen (secondary N) is 2. The van der Waals surface area contributed by atoms with Gasteiger partial charge in [0.25, 0.3) is 0 Å². The van der Waals surface area contributed by atoms with Crippen LogP contribution in [-0.4, -0.2) is 53.3 Å². The Morgan fingerprint density at radius 2 is 2.00 bits per heavy atom. The molecule has 3 heterocycles. The second-order valence-electron chi connectivity index (χ2n) is 8.06. The number of aromatic nitrogens is 2.